The minimum atomic E-state index is -2.87. The van der Waals surface area contributed by atoms with Gasteiger partial charge in [-0.25, -0.2) is 13.4 Å². The predicted molar refractivity (Wildman–Crippen MR) is 84.3 cm³/mol. The van der Waals surface area contributed by atoms with Gasteiger partial charge < -0.3 is 10.2 Å². The quantitative estimate of drug-likeness (QED) is 0.890. The summed E-state index contributed by atoms with van der Waals surface area (Å²) in [5.74, 6) is 0.471. The molecule has 1 N–H and O–H groups in total. The van der Waals surface area contributed by atoms with Crippen LogP contribution in [-0.4, -0.2) is 44.5 Å². The summed E-state index contributed by atoms with van der Waals surface area (Å²) in [6.07, 6.45) is 2.05. The highest BCUT2D eigenvalue weighted by Gasteiger charge is 2.30. The fourth-order valence-electron chi connectivity index (χ4n) is 2.51. The Bertz CT molecular complexity index is 530. The summed E-state index contributed by atoms with van der Waals surface area (Å²) in [5.41, 5.74) is 1.16. The summed E-state index contributed by atoms with van der Waals surface area (Å²) in [7, 11) is -0.938. The van der Waals surface area contributed by atoms with Crippen LogP contribution in [0.25, 0.3) is 0 Å². The third kappa shape index (κ3) is 3.51. The highest BCUT2D eigenvalue weighted by Crippen LogP contribution is 2.30. The molecule has 0 spiro atoms. The molecule has 0 radical (unpaired) electrons. The standard InChI is InChI=1S/C13H23N3O2S2/c1-4-5-11-12(8-14-3)19-13(15-11)16-6-7-20(17,18)9-10(16)2/h10,14H,4-9H2,1-3H3. The van der Waals surface area contributed by atoms with Gasteiger partial charge in [0.2, 0.25) is 0 Å². The van der Waals surface area contributed by atoms with Crippen LogP contribution in [0.5, 0.6) is 0 Å². The molecule has 1 aliphatic rings. The molecule has 0 amide bonds. The van der Waals surface area contributed by atoms with Gasteiger partial charge in [0.1, 0.15) is 0 Å². The second-order valence-corrected chi connectivity index (χ2v) is 8.59. The molecule has 1 fully saturated rings. The van der Waals surface area contributed by atoms with Gasteiger partial charge in [0, 0.05) is 24.0 Å². The first kappa shape index (κ1) is 15.7. The van der Waals surface area contributed by atoms with E-state index in [9.17, 15) is 8.42 Å². The lowest BCUT2D eigenvalue weighted by atomic mass is 10.2. The predicted octanol–water partition coefficient (Wildman–Crippen LogP) is 1.44. The van der Waals surface area contributed by atoms with Crippen molar-refractivity contribution in [2.45, 2.75) is 39.3 Å². The van der Waals surface area contributed by atoms with Crippen LogP contribution in [0.1, 0.15) is 30.8 Å². The highest BCUT2D eigenvalue weighted by molar-refractivity contribution is 7.91. The molecule has 1 unspecified atom stereocenters. The summed E-state index contributed by atoms with van der Waals surface area (Å²) in [5, 5.41) is 4.15. The highest BCUT2D eigenvalue weighted by atomic mass is 32.2. The van der Waals surface area contributed by atoms with E-state index in [4.69, 9.17) is 4.98 Å². The maximum Gasteiger partial charge on any atom is 0.186 e. The number of hydrogen-bond acceptors (Lipinski definition) is 6. The molecule has 5 nitrogen and oxygen atoms in total. The second kappa shape index (κ2) is 6.41. The molecular formula is C13H23N3O2S2. The molecule has 2 heterocycles. The third-order valence-electron chi connectivity index (χ3n) is 3.51. The van der Waals surface area contributed by atoms with Crippen molar-refractivity contribution in [2.75, 3.05) is 30.0 Å². The summed E-state index contributed by atoms with van der Waals surface area (Å²) in [4.78, 5) is 8.16. The molecule has 1 aromatic heterocycles. The minimum absolute atomic E-state index is 0.0109. The Morgan fingerprint density at radius 2 is 2.25 bits per heavy atom. The third-order valence-corrected chi connectivity index (χ3v) is 6.44. The maximum absolute atomic E-state index is 11.7. The summed E-state index contributed by atoms with van der Waals surface area (Å²) in [6, 6.07) is 0.0109. The van der Waals surface area contributed by atoms with Gasteiger partial charge in [0.15, 0.2) is 15.0 Å². The monoisotopic (exact) mass is 317 g/mol. The maximum atomic E-state index is 11.7. The average Bonchev–Trinajstić information content (AvgIpc) is 2.72. The average molecular weight is 317 g/mol. The van der Waals surface area contributed by atoms with Crippen molar-refractivity contribution in [1.82, 2.24) is 10.3 Å². The molecule has 20 heavy (non-hydrogen) atoms. The number of nitrogens with one attached hydrogen (secondary N) is 1. The summed E-state index contributed by atoms with van der Waals surface area (Å²) < 4.78 is 23.3. The van der Waals surface area contributed by atoms with Crippen molar-refractivity contribution in [1.29, 1.82) is 0 Å². The van der Waals surface area contributed by atoms with Gasteiger partial charge in [-0.2, -0.15) is 0 Å². The molecule has 0 bridgehead atoms. The first-order chi connectivity index (χ1) is 9.46. The summed E-state index contributed by atoms with van der Waals surface area (Å²) >= 11 is 1.69. The molecule has 1 aliphatic heterocycles. The van der Waals surface area contributed by atoms with E-state index in [1.807, 2.05) is 14.0 Å². The molecule has 0 saturated carbocycles. The van der Waals surface area contributed by atoms with Crippen molar-refractivity contribution >= 4 is 26.3 Å². The van der Waals surface area contributed by atoms with Crippen molar-refractivity contribution in [2.24, 2.45) is 0 Å². The fourth-order valence-corrected chi connectivity index (χ4v) is 5.31. The molecule has 114 valence electrons. The Kier molecular flexibility index (Phi) is 5.04. The van der Waals surface area contributed by atoms with Crippen LogP contribution in [-0.2, 0) is 22.8 Å². The number of aromatic nitrogens is 1. The van der Waals surface area contributed by atoms with Gasteiger partial charge in [-0.05, 0) is 20.4 Å². The molecule has 7 heteroatoms. The fraction of sp³-hybridized carbons (Fsp3) is 0.769. The Labute approximate surface area is 125 Å². The molecule has 0 aromatic carbocycles. The Balaban J connectivity index is 2.22. The molecule has 0 aliphatic carbocycles. The van der Waals surface area contributed by atoms with E-state index in [2.05, 4.69) is 17.1 Å². The molecule has 1 saturated heterocycles. The first-order valence-corrected chi connectivity index (χ1v) is 9.71. The van der Waals surface area contributed by atoms with Gasteiger partial charge >= 0.3 is 0 Å². The van der Waals surface area contributed by atoms with Gasteiger partial charge in [0.25, 0.3) is 0 Å². The van der Waals surface area contributed by atoms with E-state index < -0.39 is 9.84 Å². The van der Waals surface area contributed by atoms with E-state index in [1.165, 1.54) is 4.88 Å². The van der Waals surface area contributed by atoms with Crippen LogP contribution in [0, 0.1) is 0 Å². The molecular weight excluding hydrogens is 294 g/mol. The number of rotatable bonds is 5. The zero-order valence-corrected chi connectivity index (χ0v) is 14.0. The number of nitrogens with zero attached hydrogens (tertiary/aromatic N) is 2. The van der Waals surface area contributed by atoms with Crippen molar-refractivity contribution in [3.05, 3.63) is 10.6 Å². The topological polar surface area (TPSA) is 62.3 Å². The Morgan fingerprint density at radius 1 is 1.50 bits per heavy atom. The normalized spacial score (nSPS) is 22.1. The molecule has 1 aromatic rings. The lowest BCUT2D eigenvalue weighted by Crippen LogP contribution is -2.47. The van der Waals surface area contributed by atoms with Crippen molar-refractivity contribution in [3.63, 3.8) is 0 Å². The Morgan fingerprint density at radius 3 is 2.85 bits per heavy atom. The minimum Gasteiger partial charge on any atom is -0.343 e. The number of aryl methyl sites for hydroxylation is 1. The SMILES string of the molecule is CCCc1nc(N2CCS(=O)(=O)CC2C)sc1CNC. The van der Waals surface area contributed by atoms with E-state index in [0.29, 0.717) is 6.54 Å². The Hall–Kier alpha value is -0.660. The van der Waals surface area contributed by atoms with Crippen molar-refractivity contribution < 1.29 is 8.42 Å². The number of sulfone groups is 1. The van der Waals surface area contributed by atoms with E-state index >= 15 is 0 Å². The van der Waals surface area contributed by atoms with Crippen LogP contribution in [0.15, 0.2) is 0 Å². The lowest BCUT2D eigenvalue weighted by Gasteiger charge is -2.32. The van der Waals surface area contributed by atoms with Gasteiger partial charge in [0.05, 0.1) is 17.2 Å². The van der Waals surface area contributed by atoms with E-state index in [-0.39, 0.29) is 17.5 Å². The first-order valence-electron chi connectivity index (χ1n) is 7.07. The molecule has 1 atom stereocenters. The molecule has 2 rings (SSSR count). The zero-order valence-electron chi connectivity index (χ0n) is 12.3. The van der Waals surface area contributed by atoms with Crippen molar-refractivity contribution in [3.8, 4) is 0 Å². The van der Waals surface area contributed by atoms with Crippen LogP contribution in [0.3, 0.4) is 0 Å². The number of hydrogen-bond donors (Lipinski definition) is 1. The van der Waals surface area contributed by atoms with Gasteiger partial charge in [-0.3, -0.25) is 0 Å². The lowest BCUT2D eigenvalue weighted by molar-refractivity contribution is 0.568. The van der Waals surface area contributed by atoms with Crippen LogP contribution in [0.4, 0.5) is 5.13 Å². The van der Waals surface area contributed by atoms with E-state index in [0.717, 1.165) is 30.2 Å². The van der Waals surface area contributed by atoms with E-state index in [1.54, 1.807) is 11.3 Å². The largest absolute Gasteiger partial charge is 0.343 e. The van der Waals surface area contributed by atoms with Gasteiger partial charge in [-0.15, -0.1) is 11.3 Å². The van der Waals surface area contributed by atoms with Crippen LogP contribution in [0.2, 0.25) is 0 Å². The smallest absolute Gasteiger partial charge is 0.186 e. The van der Waals surface area contributed by atoms with Crippen LogP contribution >= 0.6 is 11.3 Å². The second-order valence-electron chi connectivity index (χ2n) is 5.30. The van der Waals surface area contributed by atoms with Crippen LogP contribution < -0.4 is 10.2 Å². The zero-order chi connectivity index (χ0) is 14.8. The number of thiazole rings is 1. The summed E-state index contributed by atoms with van der Waals surface area (Å²) in [6.45, 7) is 5.50. The van der Waals surface area contributed by atoms with Gasteiger partial charge in [-0.1, -0.05) is 13.3 Å². The number of anilines is 1.